The molecule has 2 aromatic carbocycles. The molecule has 1 saturated carbocycles. The zero-order chi connectivity index (χ0) is 14.2. The smallest absolute Gasteiger partial charge is 0.0139 e. The highest BCUT2D eigenvalue weighted by molar-refractivity contribution is 5.83. The van der Waals surface area contributed by atoms with Crippen molar-refractivity contribution in [1.29, 1.82) is 0 Å². The summed E-state index contributed by atoms with van der Waals surface area (Å²) in [7, 11) is 0. The van der Waals surface area contributed by atoms with Gasteiger partial charge in [0.1, 0.15) is 0 Å². The summed E-state index contributed by atoms with van der Waals surface area (Å²) >= 11 is 0. The molecule has 0 heterocycles. The molecular formula is C19H25N. The summed E-state index contributed by atoms with van der Waals surface area (Å²) in [6.07, 6.45) is 4.93. The molecule has 0 radical (unpaired) electrons. The molecule has 0 saturated heterocycles. The summed E-state index contributed by atoms with van der Waals surface area (Å²) in [4.78, 5) is 0. The van der Waals surface area contributed by atoms with Crippen molar-refractivity contribution in [3.63, 3.8) is 0 Å². The summed E-state index contributed by atoms with van der Waals surface area (Å²) in [5.41, 5.74) is 8.28. The second kappa shape index (κ2) is 5.21. The number of hydrogen-bond acceptors (Lipinski definition) is 1. The van der Waals surface area contributed by atoms with Gasteiger partial charge in [-0.15, -0.1) is 0 Å². The van der Waals surface area contributed by atoms with Crippen molar-refractivity contribution >= 4 is 10.8 Å². The Hall–Kier alpha value is -1.34. The van der Waals surface area contributed by atoms with E-state index in [0.717, 1.165) is 6.42 Å². The summed E-state index contributed by atoms with van der Waals surface area (Å²) in [5, 5.41) is 2.66. The summed E-state index contributed by atoms with van der Waals surface area (Å²) in [5.74, 6) is 0.669. The molecule has 106 valence electrons. The Morgan fingerprint density at radius 2 is 1.75 bits per heavy atom. The Bertz CT molecular complexity index is 595. The summed E-state index contributed by atoms with van der Waals surface area (Å²) in [6.45, 7) is 4.54. The van der Waals surface area contributed by atoms with Crippen LogP contribution in [0.5, 0.6) is 0 Å². The number of nitrogens with two attached hydrogens (primary N) is 1. The monoisotopic (exact) mass is 267 g/mol. The predicted molar refractivity (Wildman–Crippen MR) is 86.9 cm³/mol. The van der Waals surface area contributed by atoms with Crippen LogP contribution in [0.2, 0.25) is 0 Å². The molecule has 1 aliphatic rings. The van der Waals surface area contributed by atoms with Crippen LogP contribution in [0.4, 0.5) is 0 Å². The van der Waals surface area contributed by atoms with Crippen molar-refractivity contribution < 1.29 is 0 Å². The van der Waals surface area contributed by atoms with Gasteiger partial charge >= 0.3 is 0 Å². The minimum Gasteiger partial charge on any atom is -0.327 e. The van der Waals surface area contributed by atoms with Crippen LogP contribution in [0.3, 0.4) is 0 Å². The lowest BCUT2D eigenvalue weighted by atomic mass is 9.59. The Morgan fingerprint density at radius 1 is 1.05 bits per heavy atom. The second-order valence-corrected chi connectivity index (χ2v) is 6.81. The Balaban J connectivity index is 1.98. The van der Waals surface area contributed by atoms with Crippen molar-refractivity contribution in [3.8, 4) is 0 Å². The molecule has 1 unspecified atom stereocenters. The summed E-state index contributed by atoms with van der Waals surface area (Å²) in [6, 6.07) is 15.8. The fourth-order valence-electron chi connectivity index (χ4n) is 3.66. The molecule has 1 aliphatic carbocycles. The third-order valence-electron chi connectivity index (χ3n) is 5.01. The largest absolute Gasteiger partial charge is 0.327 e. The van der Waals surface area contributed by atoms with Crippen LogP contribution in [-0.2, 0) is 5.41 Å². The van der Waals surface area contributed by atoms with Crippen LogP contribution in [-0.4, -0.2) is 6.04 Å². The Labute approximate surface area is 122 Å². The third kappa shape index (κ3) is 2.25. The van der Waals surface area contributed by atoms with E-state index < -0.39 is 0 Å². The van der Waals surface area contributed by atoms with E-state index in [-0.39, 0.29) is 11.5 Å². The van der Waals surface area contributed by atoms with Crippen LogP contribution in [0.25, 0.3) is 10.8 Å². The molecule has 2 N–H and O–H groups in total. The van der Waals surface area contributed by atoms with Gasteiger partial charge in [-0.05, 0) is 41.5 Å². The average Bonchev–Trinajstić information content (AvgIpc) is 2.36. The van der Waals surface area contributed by atoms with Gasteiger partial charge in [0.15, 0.2) is 0 Å². The maximum absolute atomic E-state index is 6.59. The van der Waals surface area contributed by atoms with Crippen LogP contribution < -0.4 is 5.73 Å². The predicted octanol–water partition coefficient (Wildman–Crippen LogP) is 4.63. The van der Waals surface area contributed by atoms with E-state index in [9.17, 15) is 0 Å². The Kier molecular flexibility index (Phi) is 3.55. The summed E-state index contributed by atoms with van der Waals surface area (Å²) < 4.78 is 0. The van der Waals surface area contributed by atoms with E-state index in [1.807, 2.05) is 0 Å². The molecule has 0 aromatic heterocycles. The molecule has 0 aliphatic heterocycles. The van der Waals surface area contributed by atoms with Gasteiger partial charge in [0.05, 0.1) is 0 Å². The van der Waals surface area contributed by atoms with Crippen molar-refractivity contribution in [3.05, 3.63) is 48.0 Å². The third-order valence-corrected chi connectivity index (χ3v) is 5.01. The quantitative estimate of drug-likeness (QED) is 0.858. The normalized spacial score (nSPS) is 19.0. The van der Waals surface area contributed by atoms with Gasteiger partial charge in [-0.1, -0.05) is 62.7 Å². The molecular weight excluding hydrogens is 242 g/mol. The second-order valence-electron chi connectivity index (χ2n) is 6.81. The highest BCUT2D eigenvalue weighted by Gasteiger charge is 2.43. The van der Waals surface area contributed by atoms with Gasteiger partial charge in [-0.25, -0.2) is 0 Å². The van der Waals surface area contributed by atoms with Gasteiger partial charge in [-0.2, -0.15) is 0 Å². The van der Waals surface area contributed by atoms with Crippen molar-refractivity contribution in [2.24, 2.45) is 11.7 Å². The van der Waals surface area contributed by atoms with Crippen molar-refractivity contribution in [2.45, 2.75) is 51.0 Å². The molecule has 1 nitrogen and oxygen atoms in total. The molecule has 1 fully saturated rings. The first-order valence-electron chi connectivity index (χ1n) is 7.87. The van der Waals surface area contributed by atoms with E-state index in [1.165, 1.54) is 35.6 Å². The molecule has 0 bridgehead atoms. The maximum atomic E-state index is 6.59. The fourth-order valence-corrected chi connectivity index (χ4v) is 3.66. The average molecular weight is 267 g/mol. The fraction of sp³-hybridized carbons (Fsp3) is 0.474. The van der Waals surface area contributed by atoms with Gasteiger partial charge in [0.2, 0.25) is 0 Å². The van der Waals surface area contributed by atoms with Gasteiger partial charge in [-0.3, -0.25) is 0 Å². The standard InChI is InChI=1S/C19H25N/c1-14(2)12-18(20)19(10-5-11-19)17-9-8-15-6-3-4-7-16(15)13-17/h3-4,6-9,13-14,18H,5,10-12,20H2,1-2H3. The van der Waals surface area contributed by atoms with E-state index >= 15 is 0 Å². The molecule has 0 spiro atoms. The van der Waals surface area contributed by atoms with Gasteiger partial charge in [0, 0.05) is 11.5 Å². The van der Waals surface area contributed by atoms with Gasteiger partial charge < -0.3 is 5.73 Å². The van der Waals surface area contributed by atoms with E-state index in [2.05, 4.69) is 56.3 Å². The van der Waals surface area contributed by atoms with Crippen molar-refractivity contribution in [2.75, 3.05) is 0 Å². The lowest BCUT2D eigenvalue weighted by Gasteiger charge is -2.47. The molecule has 2 aromatic rings. The first-order valence-corrected chi connectivity index (χ1v) is 7.87. The first-order chi connectivity index (χ1) is 9.62. The number of hydrogen-bond donors (Lipinski definition) is 1. The Morgan fingerprint density at radius 3 is 2.35 bits per heavy atom. The maximum Gasteiger partial charge on any atom is 0.0139 e. The lowest BCUT2D eigenvalue weighted by molar-refractivity contribution is 0.178. The van der Waals surface area contributed by atoms with Crippen molar-refractivity contribution in [1.82, 2.24) is 0 Å². The highest BCUT2D eigenvalue weighted by atomic mass is 14.7. The first kappa shape index (κ1) is 13.6. The number of rotatable bonds is 4. The minimum absolute atomic E-state index is 0.230. The lowest BCUT2D eigenvalue weighted by Crippen LogP contribution is -2.50. The van der Waals surface area contributed by atoms with Crippen LogP contribution in [0, 0.1) is 5.92 Å². The molecule has 3 rings (SSSR count). The molecule has 0 amide bonds. The molecule has 1 heteroatoms. The zero-order valence-electron chi connectivity index (χ0n) is 12.6. The SMILES string of the molecule is CC(C)CC(N)C1(c2ccc3ccccc3c2)CCC1. The van der Waals surface area contributed by atoms with E-state index in [1.54, 1.807) is 0 Å². The van der Waals surface area contributed by atoms with Crippen LogP contribution >= 0.6 is 0 Å². The number of benzene rings is 2. The van der Waals surface area contributed by atoms with Crippen LogP contribution in [0.1, 0.15) is 45.1 Å². The zero-order valence-corrected chi connectivity index (χ0v) is 12.6. The van der Waals surface area contributed by atoms with E-state index in [0.29, 0.717) is 5.92 Å². The molecule has 1 atom stereocenters. The minimum atomic E-state index is 0.230. The molecule has 20 heavy (non-hydrogen) atoms. The topological polar surface area (TPSA) is 26.0 Å². The van der Waals surface area contributed by atoms with Crippen LogP contribution in [0.15, 0.2) is 42.5 Å². The van der Waals surface area contributed by atoms with Gasteiger partial charge in [0.25, 0.3) is 0 Å². The highest BCUT2D eigenvalue weighted by Crippen LogP contribution is 2.47. The number of fused-ring (bicyclic) bond motifs is 1. The van der Waals surface area contributed by atoms with E-state index in [4.69, 9.17) is 5.73 Å².